The molecule has 0 radical (unpaired) electrons. The average Bonchev–Trinajstić information content (AvgIpc) is 2.91. The van der Waals surface area contributed by atoms with E-state index in [1.807, 2.05) is 18.2 Å². The van der Waals surface area contributed by atoms with Crippen molar-refractivity contribution in [3.8, 4) is 5.75 Å². The van der Waals surface area contributed by atoms with E-state index in [1.165, 1.54) is 0 Å². The molecule has 0 spiro atoms. The highest BCUT2D eigenvalue weighted by Gasteiger charge is 2.23. The first-order valence-corrected chi connectivity index (χ1v) is 4.39. The van der Waals surface area contributed by atoms with E-state index in [4.69, 9.17) is 9.47 Å². The topological polar surface area (TPSA) is 60.7 Å². The molecule has 1 aliphatic rings. The molecule has 72 valence electrons. The van der Waals surface area contributed by atoms with Gasteiger partial charge in [0.15, 0.2) is 11.3 Å². The number of rotatable bonds is 3. The van der Waals surface area contributed by atoms with E-state index in [1.54, 1.807) is 0 Å². The summed E-state index contributed by atoms with van der Waals surface area (Å²) in [6.07, 6.45) is 0.241. The summed E-state index contributed by atoms with van der Waals surface area (Å²) in [5, 5.41) is 7.49. The van der Waals surface area contributed by atoms with Gasteiger partial charge in [-0.05, 0) is 22.4 Å². The molecule has 5 nitrogen and oxygen atoms in total. The Bertz CT molecular complexity index is 450. The summed E-state index contributed by atoms with van der Waals surface area (Å²) in [6, 6.07) is 5.52. The molecule has 1 aliphatic heterocycles. The lowest BCUT2D eigenvalue weighted by atomic mass is 10.3. The molecule has 1 saturated heterocycles. The Labute approximate surface area is 79.6 Å². The normalized spacial score (nSPS) is 19.9. The van der Waals surface area contributed by atoms with E-state index in [0.717, 1.165) is 6.61 Å². The number of nitrogens with zero attached hydrogens (tertiary/aromatic N) is 2. The predicted octanol–water partition coefficient (Wildman–Crippen LogP) is 1.00. The number of hydrogen-bond acceptors (Lipinski definition) is 5. The molecule has 1 fully saturated rings. The molecule has 1 atom stereocenters. The summed E-state index contributed by atoms with van der Waals surface area (Å²) in [7, 11) is 0. The predicted molar refractivity (Wildman–Crippen MR) is 47.0 cm³/mol. The van der Waals surface area contributed by atoms with E-state index in [-0.39, 0.29) is 6.10 Å². The standard InChI is InChI=1S/C9H8N2O3/c1-2-7-9(11-14-10-7)8(3-1)13-5-6-4-12-6/h1-3,6H,4-5H2. The van der Waals surface area contributed by atoms with Crippen molar-refractivity contribution in [3.63, 3.8) is 0 Å². The van der Waals surface area contributed by atoms with Crippen LogP contribution in [0.25, 0.3) is 11.0 Å². The van der Waals surface area contributed by atoms with E-state index in [2.05, 4.69) is 14.9 Å². The fourth-order valence-electron chi connectivity index (χ4n) is 1.24. The molecular weight excluding hydrogens is 184 g/mol. The van der Waals surface area contributed by atoms with E-state index < -0.39 is 0 Å². The van der Waals surface area contributed by atoms with Crippen molar-refractivity contribution in [1.82, 2.24) is 10.3 Å². The van der Waals surface area contributed by atoms with Crippen LogP contribution in [0.2, 0.25) is 0 Å². The Balaban J connectivity index is 1.89. The van der Waals surface area contributed by atoms with Crippen molar-refractivity contribution in [2.45, 2.75) is 6.10 Å². The summed E-state index contributed by atoms with van der Waals surface area (Å²) < 4.78 is 15.2. The third-order valence-corrected chi connectivity index (χ3v) is 2.08. The number of benzene rings is 1. The molecule has 14 heavy (non-hydrogen) atoms. The van der Waals surface area contributed by atoms with Crippen LogP contribution in [0.15, 0.2) is 22.8 Å². The molecule has 2 heterocycles. The third kappa shape index (κ3) is 1.31. The number of fused-ring (bicyclic) bond motifs is 1. The van der Waals surface area contributed by atoms with Gasteiger partial charge >= 0.3 is 0 Å². The number of aromatic nitrogens is 2. The molecule has 1 aromatic carbocycles. The maximum absolute atomic E-state index is 5.51. The second-order valence-electron chi connectivity index (χ2n) is 3.15. The van der Waals surface area contributed by atoms with E-state index in [9.17, 15) is 0 Å². The molecule has 0 N–H and O–H groups in total. The third-order valence-electron chi connectivity index (χ3n) is 2.08. The van der Waals surface area contributed by atoms with Gasteiger partial charge < -0.3 is 9.47 Å². The van der Waals surface area contributed by atoms with Crippen LogP contribution in [-0.2, 0) is 4.74 Å². The van der Waals surface area contributed by atoms with Crippen LogP contribution < -0.4 is 4.74 Å². The van der Waals surface area contributed by atoms with Crippen LogP contribution in [0.1, 0.15) is 0 Å². The SMILES string of the molecule is c1cc(OCC2CO2)c2nonc2c1. The first-order chi connectivity index (χ1) is 6.93. The van der Waals surface area contributed by atoms with Crippen molar-refractivity contribution in [1.29, 1.82) is 0 Å². The van der Waals surface area contributed by atoms with Crippen molar-refractivity contribution in [2.24, 2.45) is 0 Å². The highest BCUT2D eigenvalue weighted by molar-refractivity contribution is 5.79. The van der Waals surface area contributed by atoms with Crippen molar-refractivity contribution in [2.75, 3.05) is 13.2 Å². The van der Waals surface area contributed by atoms with E-state index in [0.29, 0.717) is 23.4 Å². The van der Waals surface area contributed by atoms with Gasteiger partial charge in [0.05, 0.1) is 6.61 Å². The molecule has 1 unspecified atom stereocenters. The zero-order valence-electron chi connectivity index (χ0n) is 7.34. The Morgan fingerprint density at radius 1 is 1.43 bits per heavy atom. The molecule has 0 aliphatic carbocycles. The highest BCUT2D eigenvalue weighted by atomic mass is 16.6. The van der Waals surface area contributed by atoms with Crippen LogP contribution in [0.5, 0.6) is 5.75 Å². The van der Waals surface area contributed by atoms with E-state index >= 15 is 0 Å². The van der Waals surface area contributed by atoms with Crippen LogP contribution in [0.4, 0.5) is 0 Å². The van der Waals surface area contributed by atoms with Crippen LogP contribution in [0, 0.1) is 0 Å². The zero-order valence-corrected chi connectivity index (χ0v) is 7.34. The average molecular weight is 192 g/mol. The smallest absolute Gasteiger partial charge is 0.177 e. The largest absolute Gasteiger partial charge is 0.488 e. The van der Waals surface area contributed by atoms with Crippen LogP contribution in [-0.4, -0.2) is 29.6 Å². The van der Waals surface area contributed by atoms with Gasteiger partial charge in [-0.25, -0.2) is 4.63 Å². The Hall–Kier alpha value is -1.62. The van der Waals surface area contributed by atoms with Gasteiger partial charge in [0.25, 0.3) is 0 Å². The number of hydrogen-bond donors (Lipinski definition) is 0. The lowest BCUT2D eigenvalue weighted by Gasteiger charge is -2.02. The fraction of sp³-hybridized carbons (Fsp3) is 0.333. The summed E-state index contributed by atoms with van der Waals surface area (Å²) in [5.41, 5.74) is 1.37. The summed E-state index contributed by atoms with van der Waals surface area (Å²) >= 11 is 0. The number of epoxide rings is 1. The lowest BCUT2D eigenvalue weighted by Crippen LogP contribution is -2.04. The minimum atomic E-state index is 0.241. The van der Waals surface area contributed by atoms with Gasteiger partial charge in [-0.2, -0.15) is 0 Å². The van der Waals surface area contributed by atoms with Gasteiger partial charge in [-0.1, -0.05) is 6.07 Å². The molecule has 5 heteroatoms. The Morgan fingerprint density at radius 2 is 2.36 bits per heavy atom. The van der Waals surface area contributed by atoms with Crippen LogP contribution in [0.3, 0.4) is 0 Å². The molecule has 1 aromatic heterocycles. The zero-order chi connectivity index (χ0) is 9.38. The fourth-order valence-corrected chi connectivity index (χ4v) is 1.24. The summed E-state index contributed by atoms with van der Waals surface area (Å²) in [5.74, 6) is 0.694. The second-order valence-corrected chi connectivity index (χ2v) is 3.15. The minimum Gasteiger partial charge on any atom is -0.488 e. The first-order valence-electron chi connectivity index (χ1n) is 4.39. The molecule has 2 aromatic rings. The van der Waals surface area contributed by atoms with Gasteiger partial charge in [0, 0.05) is 0 Å². The maximum atomic E-state index is 5.51. The van der Waals surface area contributed by atoms with Gasteiger partial charge in [-0.3, -0.25) is 0 Å². The molecule has 3 rings (SSSR count). The molecule has 0 amide bonds. The second kappa shape index (κ2) is 2.95. The Kier molecular flexibility index (Phi) is 1.63. The van der Waals surface area contributed by atoms with Crippen molar-refractivity contribution >= 4 is 11.0 Å². The first kappa shape index (κ1) is 7.75. The lowest BCUT2D eigenvalue weighted by molar-refractivity contribution is 0.263. The van der Waals surface area contributed by atoms with Gasteiger partial charge in [0.1, 0.15) is 18.2 Å². The van der Waals surface area contributed by atoms with Crippen molar-refractivity contribution in [3.05, 3.63) is 18.2 Å². The van der Waals surface area contributed by atoms with Crippen molar-refractivity contribution < 1.29 is 14.1 Å². The van der Waals surface area contributed by atoms with Gasteiger partial charge in [-0.15, -0.1) is 0 Å². The molecular formula is C9H8N2O3. The maximum Gasteiger partial charge on any atom is 0.177 e. The summed E-state index contributed by atoms with van der Waals surface area (Å²) in [6.45, 7) is 1.35. The summed E-state index contributed by atoms with van der Waals surface area (Å²) in [4.78, 5) is 0. The molecule has 0 saturated carbocycles. The highest BCUT2D eigenvalue weighted by Crippen LogP contribution is 2.23. The minimum absolute atomic E-state index is 0.241. The van der Waals surface area contributed by atoms with Crippen LogP contribution >= 0.6 is 0 Å². The monoisotopic (exact) mass is 192 g/mol. The quantitative estimate of drug-likeness (QED) is 0.679. The number of ether oxygens (including phenoxy) is 2. The molecule has 0 bridgehead atoms. The Morgan fingerprint density at radius 3 is 3.21 bits per heavy atom. The van der Waals surface area contributed by atoms with Gasteiger partial charge in [0.2, 0.25) is 0 Å².